The second-order valence-electron chi connectivity index (χ2n) is 8.25. The van der Waals surface area contributed by atoms with E-state index < -0.39 is 0 Å². The van der Waals surface area contributed by atoms with Crippen molar-refractivity contribution in [3.8, 4) is 5.95 Å². The zero-order valence-corrected chi connectivity index (χ0v) is 20.0. The summed E-state index contributed by atoms with van der Waals surface area (Å²) in [5, 5.41) is 10.7. The van der Waals surface area contributed by atoms with Crippen LogP contribution in [0.25, 0.3) is 17.1 Å². The van der Waals surface area contributed by atoms with Crippen molar-refractivity contribution in [2.75, 3.05) is 17.2 Å². The second-order valence-corrected chi connectivity index (χ2v) is 8.25. The summed E-state index contributed by atoms with van der Waals surface area (Å²) in [7, 11) is 0. The molecule has 4 rings (SSSR count). The fourth-order valence-corrected chi connectivity index (χ4v) is 3.99. The molecule has 3 heterocycles. The number of hydrogen-bond donors (Lipinski definition) is 2. The highest BCUT2D eigenvalue weighted by atomic mass is 16.1. The molecule has 0 atom stereocenters. The van der Waals surface area contributed by atoms with Crippen molar-refractivity contribution >= 4 is 28.8 Å². The van der Waals surface area contributed by atoms with Crippen LogP contribution in [0.1, 0.15) is 45.6 Å². The Labute approximate surface area is 199 Å². The average Bonchev–Trinajstić information content (AvgIpc) is 3.50. The zero-order valence-electron chi connectivity index (χ0n) is 20.0. The lowest BCUT2D eigenvalue weighted by Gasteiger charge is -2.14. The molecule has 1 amide bonds. The minimum absolute atomic E-state index is 0.0501. The number of aryl methyl sites for hydroxylation is 1. The van der Waals surface area contributed by atoms with Crippen LogP contribution in [0.3, 0.4) is 0 Å². The molecule has 0 saturated heterocycles. The zero-order chi connectivity index (χ0) is 23.9. The van der Waals surface area contributed by atoms with Crippen molar-refractivity contribution in [3.63, 3.8) is 0 Å². The molecule has 2 N–H and O–H groups in total. The van der Waals surface area contributed by atoms with E-state index in [9.17, 15) is 4.79 Å². The molecule has 0 saturated carbocycles. The summed E-state index contributed by atoms with van der Waals surface area (Å²) >= 11 is 0. The van der Waals surface area contributed by atoms with Crippen LogP contribution in [0.4, 0.5) is 11.8 Å². The lowest BCUT2D eigenvalue weighted by molar-refractivity contribution is -0.120. The van der Waals surface area contributed by atoms with E-state index in [1.807, 2.05) is 48.9 Å². The number of hydrogen-bond acceptors (Lipinski definition) is 6. The van der Waals surface area contributed by atoms with Crippen LogP contribution in [0.15, 0.2) is 48.8 Å². The third kappa shape index (κ3) is 5.08. The molecular formula is C25H32N8O. The molecule has 1 aromatic carbocycles. The Balaban J connectivity index is 1.73. The standard InChI is InChI=1S/C25H32N8O/c1-4-16-32-22-20(28-25(32)33-17-10-14-27-33)21(29-23(34)19(5-2)6-3)30-24(31-22)26-15-13-18-11-8-7-9-12-18/h7-12,14,17,19H,4-6,13,15-16H2,1-3H3,(H2,26,29,30,31,34). The van der Waals surface area contributed by atoms with Gasteiger partial charge in [0.05, 0.1) is 0 Å². The summed E-state index contributed by atoms with van der Waals surface area (Å²) in [5.41, 5.74) is 2.46. The van der Waals surface area contributed by atoms with Crippen molar-refractivity contribution in [1.29, 1.82) is 0 Å². The minimum Gasteiger partial charge on any atom is -0.354 e. The maximum Gasteiger partial charge on any atom is 0.233 e. The molecular weight excluding hydrogens is 428 g/mol. The molecule has 0 fully saturated rings. The van der Waals surface area contributed by atoms with Crippen molar-refractivity contribution in [3.05, 3.63) is 54.4 Å². The quantitative estimate of drug-likeness (QED) is 0.343. The van der Waals surface area contributed by atoms with E-state index in [4.69, 9.17) is 9.97 Å². The van der Waals surface area contributed by atoms with Crippen LogP contribution in [0.2, 0.25) is 0 Å². The third-order valence-corrected chi connectivity index (χ3v) is 5.87. The van der Waals surface area contributed by atoms with Crippen LogP contribution in [-0.4, -0.2) is 41.8 Å². The van der Waals surface area contributed by atoms with Gasteiger partial charge in [0.2, 0.25) is 17.8 Å². The number of aromatic nitrogens is 6. The predicted molar refractivity (Wildman–Crippen MR) is 134 cm³/mol. The Morgan fingerprint density at radius 2 is 1.82 bits per heavy atom. The molecule has 0 spiro atoms. The highest BCUT2D eigenvalue weighted by molar-refractivity contribution is 5.98. The van der Waals surface area contributed by atoms with Gasteiger partial charge in [-0.05, 0) is 37.3 Å². The normalized spacial score (nSPS) is 11.3. The van der Waals surface area contributed by atoms with Gasteiger partial charge in [0.15, 0.2) is 17.0 Å². The molecule has 4 aromatic rings. The van der Waals surface area contributed by atoms with E-state index >= 15 is 0 Å². The van der Waals surface area contributed by atoms with Crippen LogP contribution < -0.4 is 10.6 Å². The van der Waals surface area contributed by atoms with E-state index in [-0.39, 0.29) is 11.8 Å². The Bertz CT molecular complexity index is 1210. The third-order valence-electron chi connectivity index (χ3n) is 5.87. The van der Waals surface area contributed by atoms with Gasteiger partial charge in [0.25, 0.3) is 0 Å². The van der Waals surface area contributed by atoms with Crippen LogP contribution >= 0.6 is 0 Å². The number of carbonyl (C=O) groups excluding carboxylic acids is 1. The van der Waals surface area contributed by atoms with E-state index in [2.05, 4.69) is 39.8 Å². The minimum atomic E-state index is -0.0807. The highest BCUT2D eigenvalue weighted by Crippen LogP contribution is 2.26. The van der Waals surface area contributed by atoms with Gasteiger partial charge in [0.1, 0.15) is 0 Å². The van der Waals surface area contributed by atoms with Crippen LogP contribution in [0, 0.1) is 5.92 Å². The summed E-state index contributed by atoms with van der Waals surface area (Å²) in [6.45, 7) is 7.53. The first kappa shape index (κ1) is 23.4. The average molecular weight is 461 g/mol. The SMILES string of the molecule is CCCn1c(-n2cccn2)nc2c(NC(=O)C(CC)CC)nc(NCCc3ccccc3)nc21. The van der Waals surface area contributed by atoms with Crippen molar-refractivity contribution in [2.24, 2.45) is 5.92 Å². The number of anilines is 2. The van der Waals surface area contributed by atoms with Gasteiger partial charge >= 0.3 is 0 Å². The molecule has 0 bridgehead atoms. The van der Waals surface area contributed by atoms with Crippen molar-refractivity contribution in [1.82, 2.24) is 29.3 Å². The van der Waals surface area contributed by atoms with E-state index in [0.29, 0.717) is 42.0 Å². The molecule has 178 valence electrons. The van der Waals surface area contributed by atoms with Crippen LogP contribution in [-0.2, 0) is 17.8 Å². The molecule has 0 radical (unpaired) electrons. The molecule has 3 aromatic heterocycles. The fourth-order valence-electron chi connectivity index (χ4n) is 3.99. The van der Waals surface area contributed by atoms with Gasteiger partial charge in [-0.15, -0.1) is 0 Å². The molecule has 9 heteroatoms. The molecule has 34 heavy (non-hydrogen) atoms. The summed E-state index contributed by atoms with van der Waals surface area (Å²) in [6.07, 6.45) is 6.83. The largest absolute Gasteiger partial charge is 0.354 e. The molecule has 0 aliphatic carbocycles. The summed E-state index contributed by atoms with van der Waals surface area (Å²) < 4.78 is 3.74. The first-order chi connectivity index (χ1) is 16.6. The monoisotopic (exact) mass is 460 g/mol. The number of nitrogens with one attached hydrogen (secondary N) is 2. The lowest BCUT2D eigenvalue weighted by Crippen LogP contribution is -2.23. The maximum absolute atomic E-state index is 12.9. The van der Waals surface area contributed by atoms with E-state index in [0.717, 1.165) is 25.7 Å². The fraction of sp³-hybridized carbons (Fsp3) is 0.400. The number of benzene rings is 1. The Kier molecular flexibility index (Phi) is 7.51. The van der Waals surface area contributed by atoms with Gasteiger partial charge in [-0.2, -0.15) is 15.1 Å². The number of fused-ring (bicyclic) bond motifs is 1. The van der Waals surface area contributed by atoms with E-state index in [1.165, 1.54) is 5.56 Å². The highest BCUT2D eigenvalue weighted by Gasteiger charge is 2.22. The number of amides is 1. The number of nitrogens with zero attached hydrogens (tertiary/aromatic N) is 6. The number of rotatable bonds is 11. The Hall–Kier alpha value is -3.75. The summed E-state index contributed by atoms with van der Waals surface area (Å²) in [4.78, 5) is 27.2. The first-order valence-corrected chi connectivity index (χ1v) is 12.0. The van der Waals surface area contributed by atoms with Crippen molar-refractivity contribution in [2.45, 2.75) is 53.0 Å². The Morgan fingerprint density at radius 3 is 2.50 bits per heavy atom. The summed E-state index contributed by atoms with van der Waals surface area (Å²) in [5.74, 6) is 1.41. The van der Waals surface area contributed by atoms with Crippen molar-refractivity contribution < 1.29 is 4.79 Å². The number of carbonyl (C=O) groups is 1. The molecule has 9 nitrogen and oxygen atoms in total. The first-order valence-electron chi connectivity index (χ1n) is 12.0. The van der Waals surface area contributed by atoms with Gasteiger partial charge in [-0.25, -0.2) is 9.67 Å². The number of imidazole rings is 1. The van der Waals surface area contributed by atoms with Gasteiger partial charge in [0, 0.05) is 31.4 Å². The summed E-state index contributed by atoms with van der Waals surface area (Å²) in [6, 6.07) is 12.1. The van der Waals surface area contributed by atoms with Crippen LogP contribution in [0.5, 0.6) is 0 Å². The molecule has 0 aliphatic rings. The Morgan fingerprint density at radius 1 is 1.03 bits per heavy atom. The molecule has 0 aliphatic heterocycles. The van der Waals surface area contributed by atoms with E-state index in [1.54, 1.807) is 10.9 Å². The van der Waals surface area contributed by atoms with Gasteiger partial charge in [-0.3, -0.25) is 9.36 Å². The maximum atomic E-state index is 12.9. The second kappa shape index (κ2) is 10.9. The predicted octanol–water partition coefficient (Wildman–Crippen LogP) is 4.45. The van der Waals surface area contributed by atoms with Gasteiger partial charge < -0.3 is 10.6 Å². The lowest BCUT2D eigenvalue weighted by atomic mass is 10.0. The topological polar surface area (TPSA) is 103 Å². The molecule has 0 unspecified atom stereocenters. The smallest absolute Gasteiger partial charge is 0.233 e. The van der Waals surface area contributed by atoms with Gasteiger partial charge in [-0.1, -0.05) is 51.1 Å².